The van der Waals surface area contributed by atoms with Crippen LogP contribution >= 0.6 is 0 Å². The number of methoxy groups -OCH3 is 3. The molecule has 1 unspecified atom stereocenters. The van der Waals surface area contributed by atoms with E-state index in [2.05, 4.69) is 5.32 Å². The number of nitrogens with one attached hydrogen (secondary N) is 1. The number of Topliss-reactive ketones (excluding diaryl/α,β-unsaturated/α-hetero) is 1. The minimum Gasteiger partial charge on any atom is -0.493 e. The van der Waals surface area contributed by atoms with Gasteiger partial charge in [0.25, 0.3) is 0 Å². The summed E-state index contributed by atoms with van der Waals surface area (Å²) in [7, 11) is 4.63. The maximum absolute atomic E-state index is 12.5. The summed E-state index contributed by atoms with van der Waals surface area (Å²) in [5.74, 6) is 1.28. The summed E-state index contributed by atoms with van der Waals surface area (Å²) in [6, 6.07) is 3.63. The number of benzene rings is 1. The summed E-state index contributed by atoms with van der Waals surface area (Å²) in [4.78, 5) is 24.6. The van der Waals surface area contributed by atoms with Crippen molar-refractivity contribution in [3.63, 3.8) is 0 Å². The van der Waals surface area contributed by atoms with Gasteiger partial charge in [0, 0.05) is 30.0 Å². The van der Waals surface area contributed by atoms with Crippen LogP contribution in [0.5, 0.6) is 17.2 Å². The number of carbonyl (C=O) groups excluding carboxylic acids is 2. The number of hydrogen-bond donors (Lipinski definition) is 1. The smallest absolute Gasteiger partial charge is 0.225 e. The number of hydrogen-bond acceptors (Lipinski definition) is 5. The van der Waals surface area contributed by atoms with E-state index in [4.69, 9.17) is 14.2 Å². The summed E-state index contributed by atoms with van der Waals surface area (Å²) < 4.78 is 16.1. The van der Waals surface area contributed by atoms with Gasteiger partial charge < -0.3 is 19.5 Å². The molecule has 1 aromatic rings. The SMILES string of the molecule is COc1cc(C2CC(=O)NC3=C2C(=O)CCC3)cc(OC)c1OC. The fraction of sp³-hybridized carbons (Fsp3) is 0.444. The van der Waals surface area contributed by atoms with Crippen molar-refractivity contribution in [2.45, 2.75) is 31.6 Å². The maximum atomic E-state index is 12.5. The minimum atomic E-state index is -0.282. The Labute approximate surface area is 140 Å². The Balaban J connectivity index is 2.13. The average molecular weight is 331 g/mol. The third-order valence-corrected chi connectivity index (χ3v) is 4.57. The van der Waals surface area contributed by atoms with E-state index in [-0.39, 0.29) is 24.0 Å². The molecule has 1 aromatic carbocycles. The monoisotopic (exact) mass is 331 g/mol. The molecule has 1 atom stereocenters. The van der Waals surface area contributed by atoms with Crippen LogP contribution in [0.1, 0.15) is 37.2 Å². The van der Waals surface area contributed by atoms with Crippen molar-refractivity contribution in [3.05, 3.63) is 29.0 Å². The number of ether oxygens (including phenoxy) is 3. The number of amides is 1. The first kappa shape index (κ1) is 16.4. The second-order valence-corrected chi connectivity index (χ2v) is 5.93. The third kappa shape index (κ3) is 2.72. The highest BCUT2D eigenvalue weighted by atomic mass is 16.5. The number of allylic oxidation sites excluding steroid dienone is 2. The van der Waals surface area contributed by atoms with Crippen LogP contribution in [0, 0.1) is 0 Å². The Bertz CT molecular complexity index is 697. The van der Waals surface area contributed by atoms with E-state index in [1.165, 1.54) is 0 Å². The molecule has 0 fully saturated rings. The average Bonchev–Trinajstić information content (AvgIpc) is 2.59. The topological polar surface area (TPSA) is 73.9 Å². The summed E-state index contributed by atoms with van der Waals surface area (Å²) in [6.45, 7) is 0. The van der Waals surface area contributed by atoms with Gasteiger partial charge in [-0.25, -0.2) is 0 Å². The number of ketones is 1. The van der Waals surface area contributed by atoms with Crippen LogP contribution in [-0.4, -0.2) is 33.0 Å². The van der Waals surface area contributed by atoms with E-state index in [1.54, 1.807) is 21.3 Å². The van der Waals surface area contributed by atoms with Crippen molar-refractivity contribution in [2.75, 3.05) is 21.3 Å². The minimum absolute atomic E-state index is 0.0674. The molecule has 1 amide bonds. The Morgan fingerprint density at radius 2 is 1.67 bits per heavy atom. The molecule has 1 heterocycles. The van der Waals surface area contributed by atoms with Gasteiger partial charge in [0.05, 0.1) is 21.3 Å². The molecule has 3 rings (SSSR count). The third-order valence-electron chi connectivity index (χ3n) is 4.57. The number of carbonyl (C=O) groups is 2. The van der Waals surface area contributed by atoms with E-state index in [0.717, 1.165) is 29.7 Å². The molecular formula is C18H21NO5. The fourth-order valence-electron chi connectivity index (χ4n) is 3.49. The fourth-order valence-corrected chi connectivity index (χ4v) is 3.49. The molecule has 1 aliphatic heterocycles. The maximum Gasteiger partial charge on any atom is 0.225 e. The van der Waals surface area contributed by atoms with Crippen LogP contribution < -0.4 is 19.5 Å². The van der Waals surface area contributed by atoms with Gasteiger partial charge in [-0.2, -0.15) is 0 Å². The van der Waals surface area contributed by atoms with Gasteiger partial charge in [0.1, 0.15) is 0 Å². The van der Waals surface area contributed by atoms with Gasteiger partial charge in [0.2, 0.25) is 11.7 Å². The van der Waals surface area contributed by atoms with E-state index < -0.39 is 0 Å². The van der Waals surface area contributed by atoms with Gasteiger partial charge >= 0.3 is 0 Å². The molecule has 128 valence electrons. The molecule has 0 aromatic heterocycles. The lowest BCUT2D eigenvalue weighted by Gasteiger charge is -2.31. The Morgan fingerprint density at radius 3 is 2.25 bits per heavy atom. The molecule has 6 nitrogen and oxygen atoms in total. The normalized spacial score (nSPS) is 20.4. The van der Waals surface area contributed by atoms with Crippen molar-refractivity contribution in [1.82, 2.24) is 5.32 Å². The van der Waals surface area contributed by atoms with Crippen molar-refractivity contribution < 1.29 is 23.8 Å². The van der Waals surface area contributed by atoms with Crippen LogP contribution in [-0.2, 0) is 9.59 Å². The van der Waals surface area contributed by atoms with Gasteiger partial charge in [-0.05, 0) is 30.5 Å². The zero-order valence-electron chi connectivity index (χ0n) is 14.1. The molecule has 24 heavy (non-hydrogen) atoms. The van der Waals surface area contributed by atoms with Crippen LogP contribution in [0.15, 0.2) is 23.4 Å². The highest BCUT2D eigenvalue weighted by Crippen LogP contribution is 2.44. The van der Waals surface area contributed by atoms with Crippen molar-refractivity contribution >= 4 is 11.7 Å². The molecule has 0 bridgehead atoms. The summed E-state index contributed by atoms with van der Waals surface area (Å²) in [6.07, 6.45) is 2.27. The van der Waals surface area contributed by atoms with Gasteiger partial charge in [-0.15, -0.1) is 0 Å². The quantitative estimate of drug-likeness (QED) is 0.916. The first-order valence-electron chi connectivity index (χ1n) is 7.95. The molecule has 0 spiro atoms. The molecule has 0 saturated heterocycles. The lowest BCUT2D eigenvalue weighted by Crippen LogP contribution is -2.36. The molecular weight excluding hydrogens is 310 g/mol. The second kappa shape index (κ2) is 6.55. The predicted octanol–water partition coefficient (Wildman–Crippen LogP) is 2.32. The Morgan fingerprint density at radius 1 is 1.00 bits per heavy atom. The van der Waals surface area contributed by atoms with Gasteiger partial charge in [-0.1, -0.05) is 0 Å². The first-order valence-corrected chi connectivity index (χ1v) is 7.95. The lowest BCUT2D eigenvalue weighted by molar-refractivity contribution is -0.122. The highest BCUT2D eigenvalue weighted by molar-refractivity contribution is 6.01. The van der Waals surface area contributed by atoms with Crippen LogP contribution in [0.25, 0.3) is 0 Å². The lowest BCUT2D eigenvalue weighted by atomic mass is 9.78. The highest BCUT2D eigenvalue weighted by Gasteiger charge is 2.35. The zero-order chi connectivity index (χ0) is 17.3. The molecule has 0 radical (unpaired) electrons. The molecule has 1 aliphatic carbocycles. The standard InChI is InChI=1S/C18H21NO5/c1-22-14-7-10(8-15(23-2)18(14)24-3)11-9-16(21)19-12-5-4-6-13(20)17(11)12/h7-8,11H,4-6,9H2,1-3H3,(H,19,21). The van der Waals surface area contributed by atoms with E-state index >= 15 is 0 Å². The van der Waals surface area contributed by atoms with Gasteiger partial charge in [-0.3, -0.25) is 9.59 Å². The van der Waals surface area contributed by atoms with Crippen molar-refractivity contribution in [3.8, 4) is 17.2 Å². The summed E-state index contributed by atoms with van der Waals surface area (Å²) in [5.41, 5.74) is 2.30. The Kier molecular flexibility index (Phi) is 4.46. The zero-order valence-corrected chi connectivity index (χ0v) is 14.1. The van der Waals surface area contributed by atoms with Crippen molar-refractivity contribution in [1.29, 1.82) is 0 Å². The predicted molar refractivity (Wildman–Crippen MR) is 87.5 cm³/mol. The van der Waals surface area contributed by atoms with Crippen LogP contribution in [0.3, 0.4) is 0 Å². The number of rotatable bonds is 4. The van der Waals surface area contributed by atoms with E-state index in [1.807, 2.05) is 12.1 Å². The first-order chi connectivity index (χ1) is 11.6. The van der Waals surface area contributed by atoms with E-state index in [9.17, 15) is 9.59 Å². The summed E-state index contributed by atoms with van der Waals surface area (Å²) >= 11 is 0. The van der Waals surface area contributed by atoms with Crippen LogP contribution in [0.4, 0.5) is 0 Å². The largest absolute Gasteiger partial charge is 0.493 e. The molecule has 1 N–H and O–H groups in total. The van der Waals surface area contributed by atoms with Crippen molar-refractivity contribution in [2.24, 2.45) is 0 Å². The molecule has 6 heteroatoms. The van der Waals surface area contributed by atoms with Crippen LogP contribution in [0.2, 0.25) is 0 Å². The molecule has 0 saturated carbocycles. The Hall–Kier alpha value is -2.50. The van der Waals surface area contributed by atoms with E-state index in [0.29, 0.717) is 23.7 Å². The molecule has 2 aliphatic rings. The van der Waals surface area contributed by atoms with Gasteiger partial charge in [0.15, 0.2) is 17.3 Å². The summed E-state index contributed by atoms with van der Waals surface area (Å²) in [5, 5.41) is 2.86. The second-order valence-electron chi connectivity index (χ2n) is 5.93.